The molecular formula is C11H15F2N3O3S. The van der Waals surface area contributed by atoms with Gasteiger partial charge in [-0.3, -0.25) is 4.79 Å². The van der Waals surface area contributed by atoms with Gasteiger partial charge in [-0.1, -0.05) is 0 Å². The average Bonchev–Trinajstić information content (AvgIpc) is 2.26. The second kappa shape index (κ2) is 6.14. The minimum Gasteiger partial charge on any atom is -0.399 e. The van der Waals surface area contributed by atoms with Gasteiger partial charge in [-0.05, 0) is 19.1 Å². The lowest BCUT2D eigenvalue weighted by Crippen LogP contribution is -2.38. The number of nitrogen functional groups attached to an aromatic ring is 1. The maximum absolute atomic E-state index is 13.6. The van der Waals surface area contributed by atoms with E-state index in [9.17, 15) is 22.0 Å². The molecule has 0 unspecified atom stereocenters. The molecule has 6 nitrogen and oxygen atoms in total. The Balaban J connectivity index is 3.14. The molecule has 0 aromatic heterocycles. The highest BCUT2D eigenvalue weighted by Gasteiger charge is 2.29. The van der Waals surface area contributed by atoms with E-state index in [0.29, 0.717) is 23.0 Å². The van der Waals surface area contributed by atoms with Crippen LogP contribution >= 0.6 is 0 Å². The summed E-state index contributed by atoms with van der Waals surface area (Å²) in [4.78, 5) is 10.2. The number of nitrogens with one attached hydrogen (secondary N) is 1. The predicted octanol–water partition coefficient (Wildman–Crippen LogP) is 0.304. The number of carbonyl (C=O) groups is 1. The molecule has 112 valence electrons. The summed E-state index contributed by atoms with van der Waals surface area (Å²) in [5.41, 5.74) is 4.98. The van der Waals surface area contributed by atoms with Crippen LogP contribution in [0.2, 0.25) is 0 Å². The van der Waals surface area contributed by atoms with Gasteiger partial charge in [0, 0.05) is 19.3 Å². The third-order valence-corrected chi connectivity index (χ3v) is 4.28. The zero-order chi connectivity index (χ0) is 15.5. The minimum atomic E-state index is -4.46. The zero-order valence-electron chi connectivity index (χ0n) is 11.0. The fraction of sp³-hybridized carbons (Fsp3) is 0.364. The van der Waals surface area contributed by atoms with E-state index in [0.717, 1.165) is 7.05 Å². The maximum atomic E-state index is 13.6. The Hall–Kier alpha value is -1.74. The van der Waals surface area contributed by atoms with Crippen LogP contribution in [0.4, 0.5) is 14.5 Å². The summed E-state index contributed by atoms with van der Waals surface area (Å²) < 4.78 is 51.9. The summed E-state index contributed by atoms with van der Waals surface area (Å²) in [6, 6.07) is 1.41. The first-order chi connectivity index (χ1) is 9.20. The molecule has 0 aliphatic rings. The van der Waals surface area contributed by atoms with E-state index >= 15 is 0 Å². The Morgan fingerprint density at radius 1 is 1.35 bits per heavy atom. The van der Waals surface area contributed by atoms with Gasteiger partial charge in [0.2, 0.25) is 15.9 Å². The van der Waals surface area contributed by atoms with E-state index in [1.54, 1.807) is 6.92 Å². The summed E-state index contributed by atoms with van der Waals surface area (Å²) in [5, 5.41) is 2.39. The Labute approximate surface area is 115 Å². The zero-order valence-corrected chi connectivity index (χ0v) is 11.8. The van der Waals surface area contributed by atoms with Crippen LogP contribution in [-0.4, -0.2) is 38.8 Å². The van der Waals surface area contributed by atoms with E-state index in [2.05, 4.69) is 5.32 Å². The molecule has 9 heteroatoms. The molecule has 0 aliphatic heterocycles. The molecule has 0 radical (unpaired) electrons. The second-order valence-electron chi connectivity index (χ2n) is 4.03. The number of carbonyl (C=O) groups excluding carboxylic acids is 1. The van der Waals surface area contributed by atoms with Crippen LogP contribution in [0.3, 0.4) is 0 Å². The Morgan fingerprint density at radius 2 is 1.85 bits per heavy atom. The predicted molar refractivity (Wildman–Crippen MR) is 69.3 cm³/mol. The van der Waals surface area contributed by atoms with Crippen LogP contribution in [0.15, 0.2) is 17.0 Å². The first-order valence-electron chi connectivity index (χ1n) is 5.67. The first-order valence-corrected chi connectivity index (χ1v) is 7.11. The number of nitrogens with two attached hydrogens (primary N) is 1. The maximum Gasteiger partial charge on any atom is 0.249 e. The smallest absolute Gasteiger partial charge is 0.249 e. The Morgan fingerprint density at radius 3 is 2.30 bits per heavy atom. The van der Waals surface area contributed by atoms with Crippen molar-refractivity contribution in [3.63, 3.8) is 0 Å². The van der Waals surface area contributed by atoms with Gasteiger partial charge in [0.05, 0.1) is 6.54 Å². The molecule has 1 rings (SSSR count). The van der Waals surface area contributed by atoms with E-state index in [1.807, 2.05) is 0 Å². The molecule has 0 heterocycles. The third kappa shape index (κ3) is 3.42. The SMILES string of the molecule is CCNC(=O)CN(C)S(=O)(=O)c1c(F)cc(N)cc1F. The summed E-state index contributed by atoms with van der Waals surface area (Å²) in [6.45, 7) is 1.43. The summed E-state index contributed by atoms with van der Waals surface area (Å²) >= 11 is 0. The quantitative estimate of drug-likeness (QED) is 0.765. The van der Waals surface area contributed by atoms with Crippen molar-refractivity contribution in [1.82, 2.24) is 9.62 Å². The van der Waals surface area contributed by atoms with Gasteiger partial charge < -0.3 is 11.1 Å². The molecule has 0 spiro atoms. The summed E-state index contributed by atoms with van der Waals surface area (Å²) in [7, 11) is -3.41. The number of likely N-dealkylation sites (N-methyl/N-ethyl adjacent to an activating group) is 2. The van der Waals surface area contributed by atoms with Crippen molar-refractivity contribution in [3.05, 3.63) is 23.8 Å². The van der Waals surface area contributed by atoms with Gasteiger partial charge in [0.25, 0.3) is 0 Å². The van der Waals surface area contributed by atoms with Crippen molar-refractivity contribution in [2.24, 2.45) is 0 Å². The number of hydrogen-bond donors (Lipinski definition) is 2. The number of nitrogens with zero attached hydrogens (tertiary/aromatic N) is 1. The number of halogens is 2. The lowest BCUT2D eigenvalue weighted by molar-refractivity contribution is -0.121. The van der Waals surface area contributed by atoms with Crippen LogP contribution in [-0.2, 0) is 14.8 Å². The van der Waals surface area contributed by atoms with E-state index in [4.69, 9.17) is 5.73 Å². The van der Waals surface area contributed by atoms with Crippen LogP contribution < -0.4 is 11.1 Å². The molecule has 0 bridgehead atoms. The Bertz CT molecular complexity index is 596. The van der Waals surface area contributed by atoms with Gasteiger partial charge >= 0.3 is 0 Å². The van der Waals surface area contributed by atoms with Gasteiger partial charge in [-0.15, -0.1) is 0 Å². The molecule has 0 saturated heterocycles. The first kappa shape index (κ1) is 16.3. The van der Waals surface area contributed by atoms with Gasteiger partial charge in [-0.2, -0.15) is 4.31 Å². The van der Waals surface area contributed by atoms with E-state index in [1.165, 1.54) is 0 Å². The summed E-state index contributed by atoms with van der Waals surface area (Å²) in [6.07, 6.45) is 0. The molecule has 20 heavy (non-hydrogen) atoms. The van der Waals surface area contributed by atoms with Crippen molar-refractivity contribution in [2.75, 3.05) is 25.9 Å². The number of anilines is 1. The molecule has 0 atom stereocenters. The number of sulfonamides is 1. The largest absolute Gasteiger partial charge is 0.399 e. The van der Waals surface area contributed by atoms with Crippen LogP contribution in [0, 0.1) is 11.6 Å². The molecule has 1 amide bonds. The monoisotopic (exact) mass is 307 g/mol. The second-order valence-corrected chi connectivity index (χ2v) is 6.01. The lowest BCUT2D eigenvalue weighted by atomic mass is 10.3. The van der Waals surface area contributed by atoms with Crippen LogP contribution in [0.1, 0.15) is 6.92 Å². The van der Waals surface area contributed by atoms with E-state index < -0.39 is 39.0 Å². The van der Waals surface area contributed by atoms with Crippen LogP contribution in [0.25, 0.3) is 0 Å². The molecular weight excluding hydrogens is 292 g/mol. The fourth-order valence-electron chi connectivity index (χ4n) is 1.52. The van der Waals surface area contributed by atoms with Gasteiger partial charge in [0.15, 0.2) is 4.90 Å². The van der Waals surface area contributed by atoms with Crippen molar-refractivity contribution >= 4 is 21.6 Å². The molecule has 0 aliphatic carbocycles. The van der Waals surface area contributed by atoms with Crippen molar-refractivity contribution in [1.29, 1.82) is 0 Å². The highest BCUT2D eigenvalue weighted by Crippen LogP contribution is 2.24. The molecule has 1 aromatic carbocycles. The number of amides is 1. The standard InChI is InChI=1S/C11H15F2N3O3S/c1-3-15-10(17)6-16(2)20(18,19)11-8(12)4-7(14)5-9(11)13/h4-5H,3,6,14H2,1-2H3,(H,15,17). The summed E-state index contributed by atoms with van der Waals surface area (Å²) in [5.74, 6) is -3.18. The molecule has 3 N–H and O–H groups in total. The van der Waals surface area contributed by atoms with Crippen molar-refractivity contribution in [2.45, 2.75) is 11.8 Å². The van der Waals surface area contributed by atoms with Crippen molar-refractivity contribution < 1.29 is 22.0 Å². The van der Waals surface area contributed by atoms with Gasteiger partial charge in [0.1, 0.15) is 11.6 Å². The van der Waals surface area contributed by atoms with Crippen LogP contribution in [0.5, 0.6) is 0 Å². The minimum absolute atomic E-state index is 0.231. The highest BCUT2D eigenvalue weighted by atomic mass is 32.2. The Kier molecular flexibility index (Phi) is 5.01. The van der Waals surface area contributed by atoms with Gasteiger partial charge in [-0.25, -0.2) is 17.2 Å². The number of benzene rings is 1. The lowest BCUT2D eigenvalue weighted by Gasteiger charge is -2.17. The van der Waals surface area contributed by atoms with E-state index in [-0.39, 0.29) is 5.69 Å². The highest BCUT2D eigenvalue weighted by molar-refractivity contribution is 7.89. The molecule has 1 aromatic rings. The molecule has 0 saturated carbocycles. The number of hydrogen-bond acceptors (Lipinski definition) is 4. The molecule has 0 fully saturated rings. The fourth-order valence-corrected chi connectivity index (χ4v) is 2.73. The number of rotatable bonds is 5. The third-order valence-electron chi connectivity index (χ3n) is 2.43. The van der Waals surface area contributed by atoms with Crippen molar-refractivity contribution in [3.8, 4) is 0 Å². The topological polar surface area (TPSA) is 92.5 Å². The average molecular weight is 307 g/mol. The normalized spacial score (nSPS) is 11.7.